The molecule has 0 unspecified atom stereocenters. The van der Waals surface area contributed by atoms with Gasteiger partial charge in [-0.25, -0.2) is 8.78 Å². The van der Waals surface area contributed by atoms with Crippen LogP contribution < -0.4 is 10.6 Å². The van der Waals surface area contributed by atoms with Crippen LogP contribution in [0.5, 0.6) is 0 Å². The molecule has 2 N–H and O–H groups in total. The number of halogens is 4. The highest BCUT2D eigenvalue weighted by Crippen LogP contribution is 2.29. The van der Waals surface area contributed by atoms with E-state index in [1.165, 1.54) is 0 Å². The maximum absolute atomic E-state index is 13.4. The second-order valence-electron chi connectivity index (χ2n) is 4.13. The maximum Gasteiger partial charge on any atom is 0.243 e. The first-order valence-electron chi connectivity index (χ1n) is 5.90. The fourth-order valence-electron chi connectivity index (χ4n) is 1.60. The largest absolute Gasteiger partial charge is 0.374 e. The molecule has 21 heavy (non-hydrogen) atoms. The first-order valence-corrected chi connectivity index (χ1v) is 6.66. The summed E-state index contributed by atoms with van der Waals surface area (Å²) in [6.07, 6.45) is 0. The van der Waals surface area contributed by atoms with Crippen molar-refractivity contribution in [2.24, 2.45) is 0 Å². The molecule has 1 amide bonds. The van der Waals surface area contributed by atoms with Crippen LogP contribution in [0.3, 0.4) is 0 Å². The maximum atomic E-state index is 13.4. The molecule has 3 nitrogen and oxygen atoms in total. The molecule has 0 aliphatic heterocycles. The summed E-state index contributed by atoms with van der Waals surface area (Å²) in [6, 6.07) is 7.73. The van der Waals surface area contributed by atoms with Gasteiger partial charge >= 0.3 is 0 Å². The Morgan fingerprint density at radius 3 is 2.62 bits per heavy atom. The Hall–Kier alpha value is -1.85. The zero-order chi connectivity index (χ0) is 15.4. The Balaban J connectivity index is 1.99. The fourth-order valence-corrected chi connectivity index (χ4v) is 1.95. The van der Waals surface area contributed by atoms with E-state index in [0.717, 1.165) is 18.2 Å². The van der Waals surface area contributed by atoms with Crippen molar-refractivity contribution < 1.29 is 13.6 Å². The zero-order valence-corrected chi connectivity index (χ0v) is 12.1. The third kappa shape index (κ3) is 4.06. The third-order valence-electron chi connectivity index (χ3n) is 2.59. The smallest absolute Gasteiger partial charge is 0.243 e. The van der Waals surface area contributed by atoms with Gasteiger partial charge in [-0.2, -0.15) is 0 Å². The van der Waals surface area contributed by atoms with Gasteiger partial charge in [0.1, 0.15) is 11.6 Å². The van der Waals surface area contributed by atoms with E-state index < -0.39 is 17.5 Å². The number of hydrogen-bond acceptors (Lipinski definition) is 2. The molecule has 0 bridgehead atoms. The lowest BCUT2D eigenvalue weighted by Crippen LogP contribution is -2.22. The van der Waals surface area contributed by atoms with Crippen molar-refractivity contribution in [1.82, 2.24) is 0 Å². The Labute approximate surface area is 129 Å². The first kappa shape index (κ1) is 15.5. The molecule has 0 saturated carbocycles. The van der Waals surface area contributed by atoms with Crippen molar-refractivity contribution in [2.75, 3.05) is 17.2 Å². The summed E-state index contributed by atoms with van der Waals surface area (Å²) < 4.78 is 26.3. The molecule has 7 heteroatoms. The van der Waals surface area contributed by atoms with Crippen molar-refractivity contribution in [3.8, 4) is 0 Å². The predicted molar refractivity (Wildman–Crippen MR) is 79.9 cm³/mol. The summed E-state index contributed by atoms with van der Waals surface area (Å²) in [5.74, 6) is -1.72. The SMILES string of the molecule is O=C(CNc1cc(F)ccc1F)Nc1cccc(Cl)c1Cl. The van der Waals surface area contributed by atoms with Gasteiger partial charge in [-0.3, -0.25) is 4.79 Å². The van der Waals surface area contributed by atoms with Crippen LogP contribution in [0, 0.1) is 11.6 Å². The van der Waals surface area contributed by atoms with Crippen LogP contribution in [0.2, 0.25) is 10.0 Å². The second-order valence-corrected chi connectivity index (χ2v) is 4.91. The van der Waals surface area contributed by atoms with Gasteiger partial charge in [0, 0.05) is 0 Å². The summed E-state index contributed by atoms with van der Waals surface area (Å²) in [5.41, 5.74) is 0.248. The highest BCUT2D eigenvalue weighted by atomic mass is 35.5. The number of rotatable bonds is 4. The van der Waals surface area contributed by atoms with Crippen LogP contribution in [-0.4, -0.2) is 12.5 Å². The van der Waals surface area contributed by atoms with Gasteiger partial charge in [-0.1, -0.05) is 29.3 Å². The second kappa shape index (κ2) is 6.74. The van der Waals surface area contributed by atoms with Crippen LogP contribution in [0.1, 0.15) is 0 Å². The van der Waals surface area contributed by atoms with E-state index in [1.807, 2.05) is 0 Å². The van der Waals surface area contributed by atoms with Crippen LogP contribution in [0.15, 0.2) is 36.4 Å². The van der Waals surface area contributed by atoms with Crippen molar-refractivity contribution in [3.05, 3.63) is 58.1 Å². The minimum absolute atomic E-state index is 0.0951. The van der Waals surface area contributed by atoms with Gasteiger partial charge < -0.3 is 10.6 Å². The molecule has 2 rings (SSSR count). The highest BCUT2D eigenvalue weighted by molar-refractivity contribution is 6.44. The van der Waals surface area contributed by atoms with Crippen molar-refractivity contribution in [3.63, 3.8) is 0 Å². The summed E-state index contributed by atoms with van der Waals surface area (Å²) in [7, 11) is 0. The Bertz CT molecular complexity index is 680. The van der Waals surface area contributed by atoms with Gasteiger partial charge in [0.25, 0.3) is 0 Å². The molecule has 0 heterocycles. The van der Waals surface area contributed by atoms with Crippen molar-refractivity contribution >= 4 is 40.5 Å². The monoisotopic (exact) mass is 330 g/mol. The first-order chi connectivity index (χ1) is 9.97. The Morgan fingerprint density at radius 1 is 1.10 bits per heavy atom. The average Bonchev–Trinajstić information content (AvgIpc) is 2.45. The molecular weight excluding hydrogens is 321 g/mol. The van der Waals surface area contributed by atoms with Gasteiger partial charge in [-0.05, 0) is 30.3 Å². The van der Waals surface area contributed by atoms with Crippen LogP contribution in [0.4, 0.5) is 20.2 Å². The van der Waals surface area contributed by atoms with Gasteiger partial charge in [-0.15, -0.1) is 0 Å². The van der Waals surface area contributed by atoms with E-state index in [2.05, 4.69) is 10.6 Å². The number of hydrogen-bond donors (Lipinski definition) is 2. The van der Waals surface area contributed by atoms with Crippen LogP contribution in [-0.2, 0) is 4.79 Å². The lowest BCUT2D eigenvalue weighted by atomic mass is 10.3. The number of carbonyl (C=O) groups is 1. The summed E-state index contributed by atoms with van der Waals surface area (Å²) in [5, 5.41) is 5.54. The van der Waals surface area contributed by atoms with Gasteiger partial charge in [0.2, 0.25) is 5.91 Å². The molecule has 110 valence electrons. The average molecular weight is 331 g/mol. The number of anilines is 2. The van der Waals surface area contributed by atoms with Gasteiger partial charge in [0.15, 0.2) is 0 Å². The topological polar surface area (TPSA) is 41.1 Å². The third-order valence-corrected chi connectivity index (χ3v) is 3.41. The van der Waals surface area contributed by atoms with E-state index >= 15 is 0 Å². The van der Waals surface area contributed by atoms with E-state index in [0.29, 0.717) is 10.7 Å². The molecule has 0 radical (unpaired) electrons. The lowest BCUT2D eigenvalue weighted by Gasteiger charge is -2.10. The van der Waals surface area contributed by atoms with Crippen LogP contribution >= 0.6 is 23.2 Å². The van der Waals surface area contributed by atoms with Gasteiger partial charge in [0.05, 0.1) is 28.0 Å². The lowest BCUT2D eigenvalue weighted by molar-refractivity contribution is -0.114. The van der Waals surface area contributed by atoms with E-state index in [1.54, 1.807) is 18.2 Å². The predicted octanol–water partition coefficient (Wildman–Crippen LogP) is 4.32. The molecule has 2 aromatic rings. The minimum Gasteiger partial charge on any atom is -0.374 e. The number of benzene rings is 2. The number of nitrogens with one attached hydrogen (secondary N) is 2. The van der Waals surface area contributed by atoms with Crippen molar-refractivity contribution in [2.45, 2.75) is 0 Å². The molecule has 0 atom stereocenters. The molecule has 0 aliphatic rings. The fraction of sp³-hybridized carbons (Fsp3) is 0.0714. The molecule has 0 aliphatic carbocycles. The van der Waals surface area contributed by atoms with E-state index in [-0.39, 0.29) is 17.3 Å². The molecule has 0 saturated heterocycles. The molecular formula is C14H10Cl2F2N2O. The number of carbonyl (C=O) groups excluding carboxylic acids is 1. The van der Waals surface area contributed by atoms with Crippen LogP contribution in [0.25, 0.3) is 0 Å². The summed E-state index contributed by atoms with van der Waals surface area (Å²) in [4.78, 5) is 11.8. The van der Waals surface area contributed by atoms with E-state index in [4.69, 9.17) is 23.2 Å². The zero-order valence-electron chi connectivity index (χ0n) is 10.6. The summed E-state index contributed by atoms with van der Waals surface area (Å²) >= 11 is 11.7. The minimum atomic E-state index is -0.648. The molecule has 2 aromatic carbocycles. The summed E-state index contributed by atoms with van der Waals surface area (Å²) in [6.45, 7) is -0.247. The Kier molecular flexibility index (Phi) is 4.98. The quantitative estimate of drug-likeness (QED) is 0.876. The molecule has 0 spiro atoms. The molecule has 0 aromatic heterocycles. The van der Waals surface area contributed by atoms with E-state index in [9.17, 15) is 13.6 Å². The number of amides is 1. The van der Waals surface area contributed by atoms with Crippen molar-refractivity contribution in [1.29, 1.82) is 0 Å². The standard InChI is InChI=1S/C14H10Cl2F2N2O/c15-9-2-1-3-11(14(9)16)20-13(21)7-19-12-6-8(17)4-5-10(12)18/h1-6,19H,7H2,(H,20,21). The Morgan fingerprint density at radius 2 is 1.86 bits per heavy atom. The normalized spacial score (nSPS) is 10.3. The molecule has 0 fully saturated rings. The highest BCUT2D eigenvalue weighted by Gasteiger charge is 2.09.